The summed E-state index contributed by atoms with van der Waals surface area (Å²) < 4.78 is 46.0. The molecule has 0 unspecified atom stereocenters. The van der Waals surface area contributed by atoms with Gasteiger partial charge in [0.25, 0.3) is 15.5 Å². The van der Waals surface area contributed by atoms with Crippen molar-refractivity contribution in [1.29, 1.82) is 0 Å². The molecule has 1 aromatic heterocycles. The fourth-order valence-electron chi connectivity index (χ4n) is 0.733. The van der Waals surface area contributed by atoms with Gasteiger partial charge in [0.05, 0.1) is 0 Å². The lowest BCUT2D eigenvalue weighted by Gasteiger charge is -2.02. The first-order valence-corrected chi connectivity index (χ1v) is 6.31. The Balaban J connectivity index is 3.37. The van der Waals surface area contributed by atoms with Crippen molar-refractivity contribution in [2.24, 2.45) is 0 Å². The predicted molar refractivity (Wildman–Crippen MR) is 49.9 cm³/mol. The van der Waals surface area contributed by atoms with E-state index < -0.39 is 25.9 Å². The fraction of sp³-hybridized carbons (Fsp3) is 0.167. The van der Waals surface area contributed by atoms with E-state index >= 15 is 0 Å². The third kappa shape index (κ3) is 2.61. The molecule has 0 bridgehead atoms. The number of rotatable bonds is 2. The lowest BCUT2D eigenvalue weighted by Crippen LogP contribution is -1.97. The summed E-state index contributed by atoms with van der Waals surface area (Å²) in [7, 11) is 0.938. The van der Waals surface area contributed by atoms with Crippen LogP contribution in [0.25, 0.3) is 0 Å². The largest absolute Gasteiger partial charge is 0.265 e. The van der Waals surface area contributed by atoms with Gasteiger partial charge in [-0.3, -0.25) is 0 Å². The monoisotopic (exact) mass is 305 g/mol. The van der Waals surface area contributed by atoms with Crippen molar-refractivity contribution in [2.45, 2.75) is 11.3 Å². The Kier molecular flexibility index (Phi) is 3.44. The summed E-state index contributed by atoms with van der Waals surface area (Å²) in [5, 5.41) is 0. The first-order valence-electron chi connectivity index (χ1n) is 3.20. The van der Waals surface area contributed by atoms with Crippen LogP contribution in [0.2, 0.25) is 0 Å². The Morgan fingerprint density at radius 3 is 2.50 bits per heavy atom. The van der Waals surface area contributed by atoms with E-state index in [-0.39, 0.29) is 4.60 Å². The Hall–Kier alpha value is -0.270. The van der Waals surface area contributed by atoms with Crippen LogP contribution in [-0.2, 0) is 9.05 Å². The number of halogens is 4. The van der Waals surface area contributed by atoms with Crippen LogP contribution in [0.4, 0.5) is 8.78 Å². The summed E-state index contributed by atoms with van der Waals surface area (Å²) in [5.74, 6) is 0. The highest BCUT2D eigenvalue weighted by atomic mass is 79.9. The fourth-order valence-corrected chi connectivity index (χ4v) is 2.75. The second-order valence-corrected chi connectivity index (χ2v) is 5.58. The van der Waals surface area contributed by atoms with E-state index in [1.807, 2.05) is 0 Å². The zero-order chi connectivity index (χ0) is 10.9. The molecule has 0 aliphatic heterocycles. The van der Waals surface area contributed by atoms with Crippen molar-refractivity contribution < 1.29 is 17.2 Å². The maximum atomic E-state index is 12.2. The van der Waals surface area contributed by atoms with Gasteiger partial charge in [-0.25, -0.2) is 22.2 Å². The van der Waals surface area contributed by atoms with Gasteiger partial charge in [-0.15, -0.1) is 0 Å². The van der Waals surface area contributed by atoms with Crippen molar-refractivity contribution in [1.82, 2.24) is 4.98 Å². The van der Waals surface area contributed by atoms with Gasteiger partial charge in [0.15, 0.2) is 0 Å². The lowest BCUT2D eigenvalue weighted by molar-refractivity contribution is 0.150. The number of hydrogen-bond acceptors (Lipinski definition) is 3. The topological polar surface area (TPSA) is 47.0 Å². The molecular formula is C6H3BrClF2NO2S. The highest BCUT2D eigenvalue weighted by molar-refractivity contribution is 9.10. The Labute approximate surface area is 91.6 Å². The average Bonchev–Trinajstić information content (AvgIpc) is 2.02. The smallest absolute Gasteiger partial charge is 0.247 e. The van der Waals surface area contributed by atoms with Crippen LogP contribution >= 0.6 is 26.6 Å². The SMILES string of the molecule is O=S(=O)(Cl)c1cc(C(F)F)cnc1Br. The van der Waals surface area contributed by atoms with Gasteiger partial charge in [-0.05, 0) is 22.0 Å². The van der Waals surface area contributed by atoms with E-state index in [9.17, 15) is 17.2 Å². The lowest BCUT2D eigenvalue weighted by atomic mass is 10.3. The van der Waals surface area contributed by atoms with Gasteiger partial charge in [0, 0.05) is 22.4 Å². The van der Waals surface area contributed by atoms with Gasteiger partial charge in [0.1, 0.15) is 9.50 Å². The third-order valence-electron chi connectivity index (χ3n) is 1.34. The van der Waals surface area contributed by atoms with Crippen LogP contribution in [0.15, 0.2) is 21.8 Å². The molecule has 0 radical (unpaired) electrons. The number of pyridine rings is 1. The molecule has 0 aliphatic rings. The molecule has 0 aromatic carbocycles. The molecule has 0 atom stereocenters. The Morgan fingerprint density at radius 2 is 2.07 bits per heavy atom. The third-order valence-corrected chi connectivity index (χ3v) is 3.57. The molecule has 0 amide bonds. The maximum absolute atomic E-state index is 12.2. The van der Waals surface area contributed by atoms with Crippen LogP contribution in [0.5, 0.6) is 0 Å². The van der Waals surface area contributed by atoms with E-state index in [2.05, 4.69) is 20.9 Å². The van der Waals surface area contributed by atoms with E-state index in [1.165, 1.54) is 0 Å². The molecule has 0 fully saturated rings. The summed E-state index contributed by atoms with van der Waals surface area (Å²) >= 11 is 2.80. The molecule has 8 heteroatoms. The van der Waals surface area contributed by atoms with Crippen LogP contribution in [-0.4, -0.2) is 13.4 Å². The minimum absolute atomic E-state index is 0.0862. The molecule has 0 N–H and O–H groups in total. The highest BCUT2D eigenvalue weighted by Gasteiger charge is 2.19. The van der Waals surface area contributed by atoms with E-state index in [1.54, 1.807) is 0 Å². The highest BCUT2D eigenvalue weighted by Crippen LogP contribution is 2.27. The van der Waals surface area contributed by atoms with Gasteiger partial charge in [0.2, 0.25) is 0 Å². The number of aromatic nitrogens is 1. The van der Waals surface area contributed by atoms with Gasteiger partial charge in [-0.2, -0.15) is 0 Å². The van der Waals surface area contributed by atoms with Crippen LogP contribution < -0.4 is 0 Å². The van der Waals surface area contributed by atoms with Crippen LogP contribution in [0.1, 0.15) is 12.0 Å². The second-order valence-electron chi connectivity index (χ2n) is 2.30. The molecule has 0 saturated heterocycles. The molecule has 0 spiro atoms. The van der Waals surface area contributed by atoms with Crippen molar-refractivity contribution in [3.63, 3.8) is 0 Å². The maximum Gasteiger partial charge on any atom is 0.265 e. The second kappa shape index (κ2) is 4.08. The first-order chi connectivity index (χ1) is 6.32. The number of hydrogen-bond donors (Lipinski definition) is 0. The number of alkyl halides is 2. The summed E-state index contributed by atoms with van der Waals surface area (Å²) in [6.45, 7) is 0. The summed E-state index contributed by atoms with van der Waals surface area (Å²) in [4.78, 5) is 2.98. The quantitative estimate of drug-likeness (QED) is 0.623. The Bertz CT molecular complexity index is 451. The molecule has 3 nitrogen and oxygen atoms in total. The van der Waals surface area contributed by atoms with Gasteiger partial charge < -0.3 is 0 Å². The molecule has 1 rings (SSSR count). The van der Waals surface area contributed by atoms with Gasteiger partial charge >= 0.3 is 0 Å². The van der Waals surface area contributed by atoms with E-state index in [0.29, 0.717) is 0 Å². The van der Waals surface area contributed by atoms with Crippen molar-refractivity contribution in [2.75, 3.05) is 0 Å². The molecule has 14 heavy (non-hydrogen) atoms. The summed E-state index contributed by atoms with van der Waals surface area (Å²) in [6.07, 6.45) is -1.91. The molecular weight excluding hydrogens is 303 g/mol. The zero-order valence-corrected chi connectivity index (χ0v) is 9.57. The molecule has 1 aromatic rings. The minimum Gasteiger partial charge on any atom is -0.247 e. The van der Waals surface area contributed by atoms with E-state index in [4.69, 9.17) is 10.7 Å². The normalized spacial score (nSPS) is 12.1. The van der Waals surface area contributed by atoms with Gasteiger partial charge in [-0.1, -0.05) is 0 Å². The standard InChI is InChI=1S/C6H3BrClF2NO2S/c7-5-4(14(8,12)13)1-3(2-11-5)6(9)10/h1-2,6H. The molecule has 0 saturated carbocycles. The first kappa shape index (κ1) is 11.8. The summed E-state index contributed by atoms with van der Waals surface area (Å²) in [6, 6.07) is 0.782. The van der Waals surface area contributed by atoms with Crippen LogP contribution in [0.3, 0.4) is 0 Å². The minimum atomic E-state index is -4.06. The van der Waals surface area contributed by atoms with E-state index in [0.717, 1.165) is 12.3 Å². The molecule has 1 heterocycles. The molecule has 78 valence electrons. The van der Waals surface area contributed by atoms with Crippen molar-refractivity contribution in [3.05, 3.63) is 22.4 Å². The Morgan fingerprint density at radius 1 is 1.50 bits per heavy atom. The zero-order valence-electron chi connectivity index (χ0n) is 6.42. The number of nitrogens with zero attached hydrogens (tertiary/aromatic N) is 1. The predicted octanol–water partition coefficient (Wildman–Crippen LogP) is 2.71. The molecule has 0 aliphatic carbocycles. The van der Waals surface area contributed by atoms with Crippen molar-refractivity contribution >= 4 is 35.7 Å². The summed E-state index contributed by atoms with van der Waals surface area (Å²) in [5.41, 5.74) is -0.493. The van der Waals surface area contributed by atoms with Crippen LogP contribution in [0, 0.1) is 0 Å². The average molecular weight is 307 g/mol. The van der Waals surface area contributed by atoms with Crippen molar-refractivity contribution in [3.8, 4) is 0 Å².